The van der Waals surface area contributed by atoms with E-state index in [4.69, 9.17) is 0 Å². The second-order valence-corrected chi connectivity index (χ2v) is 6.46. The molecule has 2 aromatic rings. The van der Waals surface area contributed by atoms with Crippen LogP contribution in [0.2, 0.25) is 0 Å². The van der Waals surface area contributed by atoms with Crippen molar-refractivity contribution < 1.29 is 18.8 Å². The van der Waals surface area contributed by atoms with Crippen LogP contribution in [0.5, 0.6) is 0 Å². The summed E-state index contributed by atoms with van der Waals surface area (Å²) in [7, 11) is 0. The first-order valence-electron chi connectivity index (χ1n) is 8.27. The van der Waals surface area contributed by atoms with E-state index in [-0.39, 0.29) is 24.6 Å². The third kappa shape index (κ3) is 3.05. The van der Waals surface area contributed by atoms with Gasteiger partial charge < -0.3 is 10.2 Å². The largest absolute Gasteiger partial charge is 0.331 e. The summed E-state index contributed by atoms with van der Waals surface area (Å²) in [5.41, 5.74) is 0.274. The van der Waals surface area contributed by atoms with Crippen molar-refractivity contribution in [3.63, 3.8) is 0 Å². The molecule has 1 atom stereocenters. The molecule has 136 valence electrons. The zero-order chi connectivity index (χ0) is 19.0. The summed E-state index contributed by atoms with van der Waals surface area (Å²) >= 11 is 0. The first-order valence-corrected chi connectivity index (χ1v) is 8.27. The molecule has 1 fully saturated rings. The van der Waals surface area contributed by atoms with Crippen LogP contribution in [-0.2, 0) is 11.3 Å². The third-order valence-electron chi connectivity index (χ3n) is 4.60. The molecular weight excluding hydrogens is 351 g/mol. The molecule has 0 spiro atoms. The number of hydrogen-bond donors (Lipinski definition) is 2. The van der Waals surface area contributed by atoms with Crippen molar-refractivity contribution in [2.24, 2.45) is 0 Å². The number of benzene rings is 1. The van der Waals surface area contributed by atoms with Crippen LogP contribution in [0, 0.1) is 5.82 Å². The molecule has 1 aromatic heterocycles. The van der Waals surface area contributed by atoms with Crippen molar-refractivity contribution in [3.8, 4) is 0 Å². The van der Waals surface area contributed by atoms with Crippen LogP contribution in [0.15, 0.2) is 48.8 Å². The minimum absolute atomic E-state index is 0.0729. The van der Waals surface area contributed by atoms with Gasteiger partial charge in [-0.1, -0.05) is 18.2 Å². The van der Waals surface area contributed by atoms with Gasteiger partial charge in [-0.25, -0.2) is 9.18 Å². The molecule has 8 heteroatoms. The molecule has 2 N–H and O–H groups in total. The molecular formula is C19H15FN4O3. The van der Waals surface area contributed by atoms with E-state index in [9.17, 15) is 18.8 Å². The Morgan fingerprint density at radius 3 is 2.81 bits per heavy atom. The lowest BCUT2D eigenvalue weighted by molar-refractivity contribution is -0.122. The number of urea groups is 1. The Bertz CT molecular complexity index is 976. The van der Waals surface area contributed by atoms with E-state index in [1.807, 2.05) is 0 Å². The van der Waals surface area contributed by atoms with Gasteiger partial charge in [-0.2, -0.15) is 0 Å². The Kier molecular flexibility index (Phi) is 3.95. The lowest BCUT2D eigenvalue weighted by Gasteiger charge is -2.28. The molecule has 1 saturated heterocycles. The summed E-state index contributed by atoms with van der Waals surface area (Å²) in [6.45, 7) is 0.163. The van der Waals surface area contributed by atoms with Gasteiger partial charge in [0.1, 0.15) is 5.82 Å². The van der Waals surface area contributed by atoms with Crippen molar-refractivity contribution in [2.75, 3.05) is 6.54 Å². The van der Waals surface area contributed by atoms with E-state index < -0.39 is 23.3 Å². The fourth-order valence-electron chi connectivity index (χ4n) is 3.26. The molecule has 7 nitrogen and oxygen atoms in total. The van der Waals surface area contributed by atoms with E-state index in [0.29, 0.717) is 5.56 Å². The predicted octanol–water partition coefficient (Wildman–Crippen LogP) is 1.47. The Labute approximate surface area is 153 Å². The second-order valence-electron chi connectivity index (χ2n) is 6.46. The fraction of sp³-hybridized carbons (Fsp3) is 0.158. The minimum atomic E-state index is -1.41. The van der Waals surface area contributed by atoms with Crippen molar-refractivity contribution in [2.45, 2.75) is 12.1 Å². The topological polar surface area (TPSA) is 91.4 Å². The molecule has 2 aliphatic rings. The summed E-state index contributed by atoms with van der Waals surface area (Å²) in [5.74, 6) is -1.43. The molecule has 4 rings (SSSR count). The van der Waals surface area contributed by atoms with Crippen LogP contribution in [-0.4, -0.2) is 39.8 Å². The monoisotopic (exact) mass is 366 g/mol. The van der Waals surface area contributed by atoms with E-state index in [1.165, 1.54) is 17.0 Å². The standard InChI is InChI=1S/C19H15FN4O3/c20-14-4-3-13-10-24(16(25)15(13)8-14)11-19(17(26)22-18(27)23-19)6-5-12-2-1-7-21-9-12/h1-9H,10-11H2,(H2,22,23,26,27). The Morgan fingerprint density at radius 1 is 1.26 bits per heavy atom. The van der Waals surface area contributed by atoms with Gasteiger partial charge in [0.2, 0.25) is 0 Å². The second kappa shape index (κ2) is 6.31. The lowest BCUT2D eigenvalue weighted by atomic mass is 9.97. The van der Waals surface area contributed by atoms with E-state index in [0.717, 1.165) is 5.56 Å². The molecule has 0 radical (unpaired) electrons. The number of rotatable bonds is 4. The quantitative estimate of drug-likeness (QED) is 0.802. The van der Waals surface area contributed by atoms with E-state index in [1.54, 1.807) is 42.7 Å². The normalized spacial score (nSPS) is 21.5. The molecule has 1 aromatic carbocycles. The highest BCUT2D eigenvalue weighted by molar-refractivity contribution is 6.09. The average molecular weight is 366 g/mol. The van der Waals surface area contributed by atoms with E-state index >= 15 is 0 Å². The fourth-order valence-corrected chi connectivity index (χ4v) is 3.26. The van der Waals surface area contributed by atoms with Gasteiger partial charge in [-0.15, -0.1) is 0 Å². The Morgan fingerprint density at radius 2 is 2.11 bits per heavy atom. The highest BCUT2D eigenvalue weighted by atomic mass is 19.1. The number of hydrogen-bond acceptors (Lipinski definition) is 4. The maximum atomic E-state index is 13.5. The molecule has 0 aliphatic carbocycles. The van der Waals surface area contributed by atoms with Crippen LogP contribution in [0.1, 0.15) is 21.5 Å². The molecule has 3 heterocycles. The number of halogens is 1. The van der Waals surface area contributed by atoms with Crippen LogP contribution in [0.4, 0.5) is 9.18 Å². The zero-order valence-corrected chi connectivity index (χ0v) is 14.1. The summed E-state index contributed by atoms with van der Waals surface area (Å²) in [4.78, 5) is 42.3. The van der Waals surface area contributed by atoms with Gasteiger partial charge in [-0.3, -0.25) is 19.9 Å². The van der Waals surface area contributed by atoms with Crippen molar-refractivity contribution in [1.82, 2.24) is 20.5 Å². The smallest absolute Gasteiger partial charge is 0.322 e. The number of nitrogens with one attached hydrogen (secondary N) is 2. The van der Waals surface area contributed by atoms with Gasteiger partial charge in [0, 0.05) is 24.5 Å². The number of fused-ring (bicyclic) bond motifs is 1. The molecule has 0 saturated carbocycles. The highest BCUT2D eigenvalue weighted by Gasteiger charge is 2.47. The zero-order valence-electron chi connectivity index (χ0n) is 14.1. The summed E-state index contributed by atoms with van der Waals surface area (Å²) in [6.07, 6.45) is 6.43. The average Bonchev–Trinajstić information content (AvgIpc) is 3.11. The van der Waals surface area contributed by atoms with Crippen LogP contribution in [0.3, 0.4) is 0 Å². The van der Waals surface area contributed by atoms with Gasteiger partial charge in [-0.05, 0) is 35.4 Å². The minimum Gasteiger partial charge on any atom is -0.331 e. The number of carbonyl (C=O) groups excluding carboxylic acids is 3. The molecule has 0 bridgehead atoms. The van der Waals surface area contributed by atoms with Crippen LogP contribution in [0.25, 0.3) is 6.08 Å². The number of amides is 4. The van der Waals surface area contributed by atoms with Crippen molar-refractivity contribution >= 4 is 23.9 Å². The van der Waals surface area contributed by atoms with Gasteiger partial charge in [0.15, 0.2) is 5.54 Å². The summed E-state index contributed by atoms with van der Waals surface area (Å²) < 4.78 is 13.5. The molecule has 2 aliphatic heterocycles. The van der Waals surface area contributed by atoms with Gasteiger partial charge >= 0.3 is 6.03 Å². The number of nitrogens with zero attached hydrogens (tertiary/aromatic N) is 2. The molecule has 4 amide bonds. The van der Waals surface area contributed by atoms with Crippen molar-refractivity contribution in [3.05, 3.63) is 71.3 Å². The maximum Gasteiger partial charge on any atom is 0.322 e. The summed E-state index contributed by atoms with van der Waals surface area (Å²) in [6, 6.07) is 6.93. The maximum absolute atomic E-state index is 13.5. The number of carbonyl (C=O) groups is 3. The SMILES string of the molecule is O=C1NC(=O)C(C=Cc2cccnc2)(CN2Cc3ccc(F)cc3C2=O)N1. The van der Waals surface area contributed by atoms with Crippen LogP contribution < -0.4 is 10.6 Å². The lowest BCUT2D eigenvalue weighted by Crippen LogP contribution is -2.53. The van der Waals surface area contributed by atoms with Gasteiger partial charge in [0.05, 0.1) is 6.54 Å². The predicted molar refractivity (Wildman–Crippen MR) is 93.8 cm³/mol. The van der Waals surface area contributed by atoms with Crippen LogP contribution >= 0.6 is 0 Å². The molecule has 27 heavy (non-hydrogen) atoms. The number of imide groups is 1. The first kappa shape index (κ1) is 16.9. The highest BCUT2D eigenvalue weighted by Crippen LogP contribution is 2.27. The molecule has 1 unspecified atom stereocenters. The van der Waals surface area contributed by atoms with E-state index in [2.05, 4.69) is 15.6 Å². The van der Waals surface area contributed by atoms with Crippen molar-refractivity contribution in [1.29, 1.82) is 0 Å². The third-order valence-corrected chi connectivity index (χ3v) is 4.60. The number of pyridine rings is 1. The van der Waals surface area contributed by atoms with Gasteiger partial charge in [0.25, 0.3) is 11.8 Å². The first-order chi connectivity index (χ1) is 13.0. The number of aromatic nitrogens is 1. The Hall–Kier alpha value is -3.55. The Balaban J connectivity index is 1.63. The summed E-state index contributed by atoms with van der Waals surface area (Å²) in [5, 5.41) is 4.81.